The summed E-state index contributed by atoms with van der Waals surface area (Å²) in [6, 6.07) is 44.2. The maximum atomic E-state index is 8.15. The van der Waals surface area contributed by atoms with Crippen molar-refractivity contribution in [3.8, 4) is 0 Å². The fraction of sp³-hybridized carbons (Fsp3) is 0.0357. The third-order valence-electron chi connectivity index (χ3n) is 6.00. The number of nitrogens with zero attached hydrogens (tertiary/aromatic N) is 1. The van der Waals surface area contributed by atoms with Crippen molar-refractivity contribution in [3.63, 3.8) is 0 Å². The summed E-state index contributed by atoms with van der Waals surface area (Å²) in [6.45, 7) is 0. The molecule has 5 aromatic rings. The van der Waals surface area contributed by atoms with E-state index in [0.717, 1.165) is 32.5 Å². The molecule has 152 valence electrons. The molecule has 3 heteroatoms. The molecule has 0 unspecified atom stereocenters. The Labute approximate surface area is 188 Å². The van der Waals surface area contributed by atoms with Gasteiger partial charge in [-0.1, -0.05) is 0 Å². The molecule has 0 radical (unpaired) electrons. The summed E-state index contributed by atoms with van der Waals surface area (Å²) in [4.78, 5) is 5.03. The topological polar surface area (TPSA) is 12.9 Å². The molecule has 0 N–H and O–H groups in total. The Balaban J connectivity index is 1.83. The van der Waals surface area contributed by atoms with E-state index in [-0.39, 0.29) is 0 Å². The third kappa shape index (κ3) is 3.35. The van der Waals surface area contributed by atoms with Crippen LogP contribution >= 0.6 is 17.2 Å². The molecule has 31 heavy (non-hydrogen) atoms. The first-order valence-corrected chi connectivity index (χ1v) is 13.8. The van der Waals surface area contributed by atoms with Crippen LogP contribution < -0.4 is 15.9 Å². The van der Waals surface area contributed by atoms with Gasteiger partial charge in [0.05, 0.1) is 0 Å². The number of halogens is 1. The van der Waals surface area contributed by atoms with Crippen molar-refractivity contribution in [1.82, 2.24) is 4.98 Å². The van der Waals surface area contributed by atoms with E-state index in [1.54, 1.807) is 0 Å². The van der Waals surface area contributed by atoms with Gasteiger partial charge in [0.1, 0.15) is 0 Å². The van der Waals surface area contributed by atoms with Crippen LogP contribution in [-0.4, -0.2) is 4.98 Å². The molecule has 0 fully saturated rings. The third-order valence-corrected chi connectivity index (χ3v) is 13.2. The molecular formula is C28H23ClNP. The van der Waals surface area contributed by atoms with Crippen molar-refractivity contribution in [2.24, 2.45) is 0 Å². The zero-order valence-corrected chi connectivity index (χ0v) is 18.8. The number of fused-ring (bicyclic) bond motifs is 1. The fourth-order valence-corrected chi connectivity index (χ4v) is 10.4. The first-order valence-electron chi connectivity index (χ1n) is 10.4. The first-order chi connectivity index (χ1) is 15.2. The number of hydrogen-bond donors (Lipinski definition) is 0. The first kappa shape index (κ1) is 19.9. The van der Waals surface area contributed by atoms with Crippen LogP contribution in [0.1, 0.15) is 5.69 Å². The SMILES string of the molecule is ClP(Cc1ccc2ccccc2n1)(c1ccccc1)(c1ccccc1)c1ccccc1. The van der Waals surface area contributed by atoms with E-state index in [0.29, 0.717) is 6.16 Å². The van der Waals surface area contributed by atoms with Crippen LogP contribution in [0.15, 0.2) is 127 Å². The van der Waals surface area contributed by atoms with Gasteiger partial charge in [-0.25, -0.2) is 0 Å². The minimum atomic E-state index is -3.36. The van der Waals surface area contributed by atoms with Crippen molar-refractivity contribution in [1.29, 1.82) is 0 Å². The van der Waals surface area contributed by atoms with Crippen molar-refractivity contribution >= 4 is 44.0 Å². The number of para-hydroxylation sites is 1. The van der Waals surface area contributed by atoms with Crippen LogP contribution in [0.4, 0.5) is 0 Å². The summed E-state index contributed by atoms with van der Waals surface area (Å²) < 4.78 is 0. The van der Waals surface area contributed by atoms with Crippen molar-refractivity contribution in [2.75, 3.05) is 0 Å². The summed E-state index contributed by atoms with van der Waals surface area (Å²) in [7, 11) is 0. The van der Waals surface area contributed by atoms with Crippen LogP contribution in [-0.2, 0) is 6.16 Å². The van der Waals surface area contributed by atoms with Crippen molar-refractivity contribution in [3.05, 3.63) is 133 Å². The Kier molecular flexibility index (Phi) is 5.10. The van der Waals surface area contributed by atoms with E-state index in [9.17, 15) is 0 Å². The second kappa shape index (κ2) is 7.93. The predicted molar refractivity (Wildman–Crippen MR) is 136 cm³/mol. The molecule has 0 aliphatic rings. The second-order valence-electron chi connectivity index (χ2n) is 7.84. The summed E-state index contributed by atoms with van der Waals surface area (Å²) >= 11 is 8.15. The summed E-state index contributed by atoms with van der Waals surface area (Å²) in [5.74, 6) is -3.36. The van der Waals surface area contributed by atoms with E-state index in [4.69, 9.17) is 16.2 Å². The summed E-state index contributed by atoms with van der Waals surface area (Å²) in [5.41, 5.74) is 2.00. The molecule has 0 aliphatic carbocycles. The number of hydrogen-bond acceptors (Lipinski definition) is 1. The van der Waals surface area contributed by atoms with E-state index in [1.165, 1.54) is 0 Å². The molecule has 1 aromatic heterocycles. The quantitative estimate of drug-likeness (QED) is 0.288. The Morgan fingerprint density at radius 1 is 0.516 bits per heavy atom. The summed E-state index contributed by atoms with van der Waals surface area (Å²) in [6.07, 6.45) is 0.649. The molecule has 5 rings (SSSR count). The fourth-order valence-electron chi connectivity index (χ4n) is 4.44. The Morgan fingerprint density at radius 3 is 1.48 bits per heavy atom. The van der Waals surface area contributed by atoms with Crippen molar-refractivity contribution in [2.45, 2.75) is 6.16 Å². The maximum absolute atomic E-state index is 8.15. The second-order valence-corrected chi connectivity index (χ2v) is 14.3. The average Bonchev–Trinajstić information content (AvgIpc) is 2.86. The monoisotopic (exact) mass is 439 g/mol. The van der Waals surface area contributed by atoms with Crippen LogP contribution in [0.3, 0.4) is 0 Å². The molecule has 0 spiro atoms. The van der Waals surface area contributed by atoms with Gasteiger partial charge in [0.15, 0.2) is 0 Å². The zero-order valence-electron chi connectivity index (χ0n) is 17.1. The molecule has 0 amide bonds. The van der Waals surface area contributed by atoms with Gasteiger partial charge in [0, 0.05) is 0 Å². The Morgan fingerprint density at radius 2 is 0.968 bits per heavy atom. The van der Waals surface area contributed by atoms with Gasteiger partial charge in [-0.2, -0.15) is 0 Å². The van der Waals surface area contributed by atoms with E-state index < -0.39 is 5.96 Å². The van der Waals surface area contributed by atoms with E-state index >= 15 is 0 Å². The van der Waals surface area contributed by atoms with Gasteiger partial charge < -0.3 is 0 Å². The molecule has 1 heterocycles. The normalized spacial score (nSPS) is 12.9. The number of benzene rings is 4. The van der Waals surface area contributed by atoms with E-state index in [1.807, 2.05) is 30.3 Å². The van der Waals surface area contributed by atoms with Gasteiger partial charge in [0.2, 0.25) is 0 Å². The zero-order chi connectivity index (χ0) is 21.2. The molecule has 4 aromatic carbocycles. The molecular weight excluding hydrogens is 417 g/mol. The van der Waals surface area contributed by atoms with Crippen LogP contribution in [0.2, 0.25) is 0 Å². The van der Waals surface area contributed by atoms with Gasteiger partial charge in [-0.05, 0) is 0 Å². The number of pyridine rings is 1. The molecule has 0 aliphatic heterocycles. The van der Waals surface area contributed by atoms with Crippen LogP contribution in [0.5, 0.6) is 0 Å². The molecule has 0 atom stereocenters. The average molecular weight is 440 g/mol. The summed E-state index contributed by atoms with van der Waals surface area (Å²) in [5, 5.41) is 4.60. The van der Waals surface area contributed by atoms with Crippen LogP contribution in [0.25, 0.3) is 10.9 Å². The van der Waals surface area contributed by atoms with Gasteiger partial charge in [-0.15, -0.1) is 0 Å². The van der Waals surface area contributed by atoms with Gasteiger partial charge in [0.25, 0.3) is 0 Å². The molecule has 0 saturated heterocycles. The minimum absolute atomic E-state index is 0.649. The van der Waals surface area contributed by atoms with Gasteiger partial charge >= 0.3 is 188 Å². The molecule has 0 saturated carbocycles. The number of rotatable bonds is 5. The van der Waals surface area contributed by atoms with Gasteiger partial charge in [-0.3, -0.25) is 0 Å². The number of aromatic nitrogens is 1. The van der Waals surface area contributed by atoms with Crippen LogP contribution in [0, 0.1) is 0 Å². The molecule has 1 nitrogen and oxygen atoms in total. The van der Waals surface area contributed by atoms with Crippen molar-refractivity contribution < 1.29 is 0 Å². The van der Waals surface area contributed by atoms with E-state index in [2.05, 4.69) is 97.1 Å². The molecule has 0 bridgehead atoms. The Hall–Kier alpha value is -2.99. The standard InChI is InChI=1S/C28H23ClNP/c29-31(25-13-4-1-5-14-25,26-15-6-2-7-16-26,27-17-8-3-9-18-27)22-24-21-20-23-12-10-11-19-28(23)30-24/h1-21H,22H2. The Bertz CT molecular complexity index is 1220. The predicted octanol–water partition coefficient (Wildman–Crippen LogP) is 6.42.